The second-order valence-electron chi connectivity index (χ2n) is 11.1. The summed E-state index contributed by atoms with van der Waals surface area (Å²) in [4.78, 5) is 39.0. The fraction of sp³-hybridized carbons (Fsp3) is 0.345. The average Bonchev–Trinajstić information content (AvgIpc) is 2.80. The highest BCUT2D eigenvalue weighted by molar-refractivity contribution is 5.91. The van der Waals surface area contributed by atoms with Gasteiger partial charge in [-0.05, 0) is 64.8 Å². The van der Waals surface area contributed by atoms with Gasteiger partial charge in [-0.25, -0.2) is 14.6 Å². The molecule has 0 aliphatic carbocycles. The lowest BCUT2D eigenvalue weighted by Gasteiger charge is -2.35. The summed E-state index contributed by atoms with van der Waals surface area (Å²) in [6, 6.07) is 13.9. The molecule has 3 aromatic rings. The van der Waals surface area contributed by atoms with Gasteiger partial charge in [0.05, 0.1) is 12.2 Å². The summed E-state index contributed by atoms with van der Waals surface area (Å²) < 4.78 is 18.3. The van der Waals surface area contributed by atoms with Crippen LogP contribution in [0, 0.1) is 0 Å². The molecule has 1 aliphatic heterocycles. The Hall–Kier alpha value is -4.27. The lowest BCUT2D eigenvalue weighted by atomic mass is 9.99. The molecule has 2 aromatic carbocycles. The molecule has 4 rings (SSSR count). The van der Waals surface area contributed by atoms with Crippen molar-refractivity contribution in [2.24, 2.45) is 0 Å². The predicted molar refractivity (Wildman–Crippen MR) is 142 cm³/mol. The Bertz CT molecular complexity index is 1430. The molecule has 1 aromatic heterocycles. The number of aromatic nitrogens is 1. The van der Waals surface area contributed by atoms with Gasteiger partial charge in [-0.1, -0.05) is 30.3 Å². The minimum atomic E-state index is -0.816. The average molecular weight is 521 g/mol. The van der Waals surface area contributed by atoms with Crippen molar-refractivity contribution >= 4 is 12.1 Å². The van der Waals surface area contributed by atoms with E-state index in [-0.39, 0.29) is 30.2 Å². The maximum absolute atomic E-state index is 13.3. The zero-order chi connectivity index (χ0) is 27.8. The molecule has 1 N–H and O–H groups in total. The maximum atomic E-state index is 13.3. The third-order valence-electron chi connectivity index (χ3n) is 5.53. The van der Waals surface area contributed by atoms with Crippen molar-refractivity contribution in [1.29, 1.82) is 0 Å². The van der Waals surface area contributed by atoms with Gasteiger partial charge in [0.15, 0.2) is 16.9 Å². The van der Waals surface area contributed by atoms with Crippen molar-refractivity contribution in [3.05, 3.63) is 81.6 Å². The van der Waals surface area contributed by atoms with Gasteiger partial charge in [0, 0.05) is 17.8 Å². The number of fused-ring (bicyclic) bond motifs is 3. The molecule has 0 atom stereocenters. The molecule has 0 bridgehead atoms. The van der Waals surface area contributed by atoms with E-state index in [1.165, 1.54) is 28.0 Å². The summed E-state index contributed by atoms with van der Waals surface area (Å²) in [5.41, 5.74) is -0.0409. The first-order chi connectivity index (χ1) is 17.7. The molecular weight excluding hydrogens is 488 g/mol. The number of benzene rings is 2. The zero-order valence-electron chi connectivity index (χ0n) is 22.4. The van der Waals surface area contributed by atoms with Crippen LogP contribution in [0.4, 0.5) is 4.79 Å². The van der Waals surface area contributed by atoms with Gasteiger partial charge in [0.2, 0.25) is 0 Å². The van der Waals surface area contributed by atoms with Crippen LogP contribution in [-0.4, -0.2) is 33.0 Å². The van der Waals surface area contributed by atoms with Crippen molar-refractivity contribution in [3.63, 3.8) is 0 Å². The first kappa shape index (κ1) is 26.8. The van der Waals surface area contributed by atoms with E-state index in [0.717, 1.165) is 5.56 Å². The van der Waals surface area contributed by atoms with E-state index in [1.54, 1.807) is 47.6 Å². The van der Waals surface area contributed by atoms with Crippen molar-refractivity contribution in [2.45, 2.75) is 65.9 Å². The summed E-state index contributed by atoms with van der Waals surface area (Å²) in [6.07, 6.45) is 0.596. The number of phenolic OH excluding ortho intramolecular Hbond substituents is 1. The van der Waals surface area contributed by atoms with Gasteiger partial charge in [0.1, 0.15) is 23.4 Å². The van der Waals surface area contributed by atoms with Crippen molar-refractivity contribution in [2.75, 3.05) is 5.01 Å². The molecular formula is C29H32N2O7. The van der Waals surface area contributed by atoms with Crippen LogP contribution in [0.15, 0.2) is 59.5 Å². The second kappa shape index (κ2) is 9.89. The zero-order valence-corrected chi connectivity index (χ0v) is 22.4. The quantitative estimate of drug-likeness (QED) is 0.475. The van der Waals surface area contributed by atoms with Gasteiger partial charge in [-0.2, -0.15) is 0 Å². The molecule has 200 valence electrons. The van der Waals surface area contributed by atoms with Crippen LogP contribution >= 0.6 is 0 Å². The van der Waals surface area contributed by atoms with Crippen molar-refractivity contribution in [3.8, 4) is 22.8 Å². The molecule has 0 spiro atoms. The molecule has 1 aliphatic rings. The molecule has 0 saturated carbocycles. The van der Waals surface area contributed by atoms with Crippen molar-refractivity contribution in [1.82, 2.24) is 4.68 Å². The molecule has 2 heterocycles. The van der Waals surface area contributed by atoms with Gasteiger partial charge in [-0.15, -0.1) is 0 Å². The first-order valence-electron chi connectivity index (χ1n) is 12.3. The number of carbonyl (C=O) groups is 2. The number of hydrogen-bond acceptors (Lipinski definition) is 7. The van der Waals surface area contributed by atoms with Crippen LogP contribution in [0.3, 0.4) is 0 Å². The summed E-state index contributed by atoms with van der Waals surface area (Å²) in [5.74, 6) is -0.696. The Balaban J connectivity index is 1.79. The SMILES string of the molecule is CC(C)(C)OC(=O)c1cn2c(cc1=O)-c1cc(O)c(OCc3ccccc3)cc1CN2C(=O)OC(C)(C)C. The Morgan fingerprint density at radius 1 is 0.947 bits per heavy atom. The number of rotatable bonds is 4. The predicted octanol–water partition coefficient (Wildman–Crippen LogP) is 5.14. The van der Waals surface area contributed by atoms with E-state index >= 15 is 0 Å². The number of esters is 1. The number of aromatic hydroxyl groups is 1. The molecule has 9 nitrogen and oxygen atoms in total. The third-order valence-corrected chi connectivity index (χ3v) is 5.53. The largest absolute Gasteiger partial charge is 0.504 e. The topological polar surface area (TPSA) is 107 Å². The summed E-state index contributed by atoms with van der Waals surface area (Å²) in [7, 11) is 0. The highest BCUT2D eigenvalue weighted by Crippen LogP contribution is 2.38. The summed E-state index contributed by atoms with van der Waals surface area (Å²) >= 11 is 0. The maximum Gasteiger partial charge on any atom is 0.429 e. The van der Waals surface area contributed by atoms with Crippen LogP contribution in [0.5, 0.6) is 11.5 Å². The summed E-state index contributed by atoms with van der Waals surface area (Å²) in [5, 5.41) is 12.0. The van der Waals surface area contributed by atoms with Crippen molar-refractivity contribution < 1.29 is 28.9 Å². The van der Waals surface area contributed by atoms with Gasteiger partial charge >= 0.3 is 12.1 Å². The first-order valence-corrected chi connectivity index (χ1v) is 12.3. The molecule has 0 fully saturated rings. The highest BCUT2D eigenvalue weighted by Gasteiger charge is 2.32. The van der Waals surface area contributed by atoms with E-state index in [2.05, 4.69) is 0 Å². The Labute approximate surface area is 221 Å². The molecule has 0 unspecified atom stereocenters. The minimum absolute atomic E-state index is 0.0376. The van der Waals surface area contributed by atoms with E-state index in [9.17, 15) is 19.5 Å². The normalized spacial score (nSPS) is 12.8. The molecule has 38 heavy (non-hydrogen) atoms. The number of hydrogen-bond donors (Lipinski definition) is 1. The Morgan fingerprint density at radius 2 is 1.61 bits per heavy atom. The smallest absolute Gasteiger partial charge is 0.429 e. The van der Waals surface area contributed by atoms with Crippen LogP contribution < -0.4 is 15.2 Å². The van der Waals surface area contributed by atoms with Gasteiger partial charge in [-0.3, -0.25) is 9.47 Å². The Morgan fingerprint density at radius 3 is 2.24 bits per heavy atom. The van der Waals surface area contributed by atoms with Crippen LogP contribution in [0.1, 0.15) is 63.0 Å². The van der Waals surface area contributed by atoms with Gasteiger partial charge < -0.3 is 19.3 Å². The number of carbonyl (C=O) groups excluding carboxylic acids is 2. The summed E-state index contributed by atoms with van der Waals surface area (Å²) in [6.45, 7) is 10.6. The fourth-order valence-corrected chi connectivity index (χ4v) is 3.95. The monoisotopic (exact) mass is 520 g/mol. The molecule has 1 amide bonds. The lowest BCUT2D eigenvalue weighted by Crippen LogP contribution is -2.46. The van der Waals surface area contributed by atoms with E-state index < -0.39 is 28.7 Å². The van der Waals surface area contributed by atoms with Gasteiger partial charge in [0.25, 0.3) is 0 Å². The van der Waals surface area contributed by atoms with E-state index in [0.29, 0.717) is 16.8 Å². The lowest BCUT2D eigenvalue weighted by molar-refractivity contribution is 0.00661. The van der Waals surface area contributed by atoms with Crippen LogP contribution in [0.25, 0.3) is 11.3 Å². The third kappa shape index (κ3) is 5.99. The number of nitrogens with zero attached hydrogens (tertiary/aromatic N) is 2. The number of amides is 1. The number of phenols is 1. The van der Waals surface area contributed by atoms with Crippen LogP contribution in [-0.2, 0) is 22.6 Å². The van der Waals surface area contributed by atoms with Crippen LogP contribution in [0.2, 0.25) is 0 Å². The number of pyridine rings is 1. The molecule has 0 saturated heterocycles. The second-order valence-corrected chi connectivity index (χ2v) is 11.1. The standard InChI is InChI=1S/C29H32N2O7/c1-28(2,3)37-26(34)21-16-30-22(14-23(21)32)20-13-24(33)25(36-17-18-10-8-7-9-11-18)12-19(20)15-31(30)27(35)38-29(4,5)6/h7-14,16,33H,15,17H2,1-6H3. The fourth-order valence-electron chi connectivity index (χ4n) is 3.95. The highest BCUT2D eigenvalue weighted by atomic mass is 16.6. The number of ether oxygens (including phenoxy) is 3. The molecule has 9 heteroatoms. The molecule has 0 radical (unpaired) electrons. The Kier molecular flexibility index (Phi) is 6.97. The van der Waals surface area contributed by atoms with E-state index in [4.69, 9.17) is 14.2 Å². The minimum Gasteiger partial charge on any atom is -0.504 e. The van der Waals surface area contributed by atoms with E-state index in [1.807, 2.05) is 30.3 Å².